The largest absolute Gasteiger partial charge is 0.491 e. The molecule has 1 aliphatic rings. The van der Waals surface area contributed by atoms with Gasteiger partial charge in [-0.15, -0.1) is 5.06 Å². The first-order chi connectivity index (χ1) is 34.7. The summed E-state index contributed by atoms with van der Waals surface area (Å²) in [6.07, 6.45) is 1.71. The molecule has 1 saturated heterocycles. The van der Waals surface area contributed by atoms with Crippen LogP contribution in [0.2, 0.25) is 0 Å². The number of nitrogens with one attached hydrogen (secondary N) is 2. The molecule has 0 bridgehead atoms. The molecule has 3 rings (SSSR count). The first-order valence-electron chi connectivity index (χ1n) is 24.8. The van der Waals surface area contributed by atoms with Crippen molar-refractivity contribution in [3.63, 3.8) is 0 Å². The molecule has 0 spiro atoms. The second kappa shape index (κ2) is 33.0. The van der Waals surface area contributed by atoms with Gasteiger partial charge in [0.05, 0.1) is 52.4 Å². The number of hydrogen-bond donors (Lipinski definition) is 2. The Balaban J connectivity index is 1.72. The molecule has 1 fully saturated rings. The fraction of sp³-hybridized carbons (Fsp3) is 0.635. The summed E-state index contributed by atoms with van der Waals surface area (Å²) in [4.78, 5) is 96.7. The minimum atomic E-state index is -0.707. The number of carbonyl (C=O) groups excluding carboxylic acids is 7. The van der Waals surface area contributed by atoms with E-state index < -0.39 is 29.2 Å². The summed E-state index contributed by atoms with van der Waals surface area (Å²) in [5.74, 6) is -0.286. The molecule has 0 aliphatic carbocycles. The maximum absolute atomic E-state index is 13.3. The molecule has 1 aliphatic heterocycles. The number of nitrogens with zero attached hydrogens (tertiary/aromatic N) is 2. The lowest BCUT2D eigenvalue weighted by Gasteiger charge is -2.35. The maximum atomic E-state index is 13.3. The second-order valence-electron chi connectivity index (χ2n) is 19.1. The van der Waals surface area contributed by atoms with Crippen LogP contribution in [-0.2, 0) is 62.9 Å². The molecule has 2 aromatic carbocycles. The van der Waals surface area contributed by atoms with Crippen LogP contribution in [0.5, 0.6) is 17.2 Å². The highest BCUT2D eigenvalue weighted by molar-refractivity contribution is 7.99. The number of hydrogen-bond acceptors (Lipinski definition) is 17. The third-order valence-electron chi connectivity index (χ3n) is 10.8. The highest BCUT2D eigenvalue weighted by Gasteiger charge is 2.34. The van der Waals surface area contributed by atoms with Crippen molar-refractivity contribution >= 4 is 65.0 Å². The van der Waals surface area contributed by atoms with Gasteiger partial charge in [0, 0.05) is 86.1 Å². The Morgan fingerprint density at radius 3 is 1.84 bits per heavy atom. The number of methoxy groups -OCH3 is 1. The van der Waals surface area contributed by atoms with Crippen molar-refractivity contribution in [2.24, 2.45) is 5.41 Å². The Morgan fingerprint density at radius 1 is 0.726 bits per heavy atom. The van der Waals surface area contributed by atoms with Crippen molar-refractivity contribution in [1.82, 2.24) is 20.8 Å². The number of amides is 5. The van der Waals surface area contributed by atoms with Gasteiger partial charge in [-0.2, -0.15) is 28.6 Å². The van der Waals surface area contributed by atoms with E-state index in [1.165, 1.54) is 23.5 Å². The summed E-state index contributed by atoms with van der Waals surface area (Å²) in [6, 6.07) is 11.7. The molecule has 2 aromatic rings. The van der Waals surface area contributed by atoms with Crippen molar-refractivity contribution in [1.29, 1.82) is 0 Å². The Morgan fingerprint density at radius 2 is 1.30 bits per heavy atom. The van der Waals surface area contributed by atoms with Gasteiger partial charge in [0.2, 0.25) is 0 Å². The zero-order valence-electron chi connectivity index (χ0n) is 44.2. The van der Waals surface area contributed by atoms with E-state index in [1.807, 2.05) is 51.1 Å². The molecule has 19 nitrogen and oxygen atoms in total. The normalized spacial score (nSPS) is 13.0. The van der Waals surface area contributed by atoms with Gasteiger partial charge < -0.3 is 48.7 Å². The first-order valence-corrected chi connectivity index (χ1v) is 27.1. The van der Waals surface area contributed by atoms with Crippen LogP contribution in [0.3, 0.4) is 0 Å². The second-order valence-corrected chi connectivity index (χ2v) is 21.5. The molecule has 1 atom stereocenters. The van der Waals surface area contributed by atoms with Gasteiger partial charge in [-0.3, -0.25) is 24.0 Å². The maximum Gasteiger partial charge on any atom is 0.334 e. The van der Waals surface area contributed by atoms with Crippen molar-refractivity contribution in [2.75, 3.05) is 103 Å². The van der Waals surface area contributed by atoms with Crippen LogP contribution in [0, 0.1) is 5.41 Å². The molecule has 1 heterocycles. The molecule has 0 radical (unpaired) electrons. The van der Waals surface area contributed by atoms with E-state index in [2.05, 4.69) is 31.4 Å². The molecule has 1 unspecified atom stereocenters. The summed E-state index contributed by atoms with van der Waals surface area (Å²) in [5, 5.41) is 7.34. The summed E-state index contributed by atoms with van der Waals surface area (Å²) in [6.45, 7) is 18.6. The highest BCUT2D eigenvalue weighted by Crippen LogP contribution is 2.48. The number of imide groups is 1. The van der Waals surface area contributed by atoms with E-state index in [0.717, 1.165) is 28.7 Å². The SMILES string of the molecule is CCCC(=O)N(OC(=O)CCSCCNC(=O)COc1cc(OCC(=O)NCCSCCC(=O)ON2CCCC2=O)c(C(c2ccc(OCCOCCOCCOC)cc2)C(C)(C)C)cc1C(C)(C)C)C(C)=O. The van der Waals surface area contributed by atoms with Gasteiger partial charge in [0.25, 0.3) is 29.5 Å². The fourth-order valence-electron chi connectivity index (χ4n) is 7.29. The van der Waals surface area contributed by atoms with Crippen LogP contribution in [0.1, 0.15) is 117 Å². The van der Waals surface area contributed by atoms with Crippen LogP contribution >= 0.6 is 23.5 Å². The molecular weight excluding hydrogens is 985 g/mol. The lowest BCUT2D eigenvalue weighted by atomic mass is 9.71. The zero-order chi connectivity index (χ0) is 53.8. The Hall–Kier alpha value is -5.09. The van der Waals surface area contributed by atoms with E-state index >= 15 is 0 Å². The Kier molecular flexibility index (Phi) is 28.1. The van der Waals surface area contributed by atoms with Crippen molar-refractivity contribution < 1.29 is 71.7 Å². The van der Waals surface area contributed by atoms with Gasteiger partial charge in [-0.1, -0.05) is 60.6 Å². The van der Waals surface area contributed by atoms with E-state index in [1.54, 1.807) is 20.1 Å². The third-order valence-corrected chi connectivity index (χ3v) is 12.7. The lowest BCUT2D eigenvalue weighted by molar-refractivity contribution is -0.201. The van der Waals surface area contributed by atoms with E-state index in [9.17, 15) is 33.6 Å². The number of thioether (sulfide) groups is 2. The number of ether oxygens (including phenoxy) is 6. The van der Waals surface area contributed by atoms with Crippen LogP contribution < -0.4 is 24.8 Å². The standard InChI is InChI=1S/C52H78N4O15S2/c1-10-12-47(61)56(37(2)57)71-49(63)19-30-73-32-21-54-45(59)36-69-43-34-42(68-35-44(58)53-20-31-72-29-18-48(62)70-55-22-11-13-46(55)60)40(33-41(43)51(3,4)5)50(52(6,7)8)38-14-16-39(17-15-38)67-28-27-66-26-25-65-24-23-64-9/h14-17,33-34,50H,10-13,18-32,35-36H2,1-9H3,(H,53,58)(H,54,59). The number of hydroxylamine groups is 4. The van der Waals surface area contributed by atoms with Gasteiger partial charge in [0.15, 0.2) is 13.2 Å². The smallest absolute Gasteiger partial charge is 0.334 e. The molecular formula is C52H78N4O15S2. The summed E-state index contributed by atoms with van der Waals surface area (Å²) < 4.78 is 34.7. The summed E-state index contributed by atoms with van der Waals surface area (Å²) >= 11 is 2.86. The highest BCUT2D eigenvalue weighted by atomic mass is 32.2. The molecule has 0 saturated carbocycles. The van der Waals surface area contributed by atoms with Gasteiger partial charge >= 0.3 is 11.9 Å². The third kappa shape index (κ3) is 23.8. The number of benzene rings is 2. The van der Waals surface area contributed by atoms with E-state index in [4.69, 9.17) is 38.1 Å². The zero-order valence-corrected chi connectivity index (χ0v) is 45.9. The molecule has 73 heavy (non-hydrogen) atoms. The van der Waals surface area contributed by atoms with Crippen molar-refractivity contribution in [3.8, 4) is 17.2 Å². The number of carbonyl (C=O) groups is 7. The van der Waals surface area contributed by atoms with Gasteiger partial charge in [-0.25, -0.2) is 9.59 Å². The predicted molar refractivity (Wildman–Crippen MR) is 278 cm³/mol. The average molecular weight is 1060 g/mol. The quantitative estimate of drug-likeness (QED) is 0.0602. The van der Waals surface area contributed by atoms with Crippen LogP contribution in [0.4, 0.5) is 0 Å². The average Bonchev–Trinajstić information content (AvgIpc) is 3.73. The number of rotatable bonds is 33. The van der Waals surface area contributed by atoms with Crippen LogP contribution in [-0.4, -0.2) is 154 Å². The molecule has 408 valence electrons. The van der Waals surface area contributed by atoms with Gasteiger partial charge in [-0.05, 0) is 47.4 Å². The topological polar surface area (TPSA) is 224 Å². The fourth-order valence-corrected chi connectivity index (χ4v) is 8.81. The van der Waals surface area contributed by atoms with Crippen molar-refractivity contribution in [2.45, 2.75) is 105 Å². The van der Waals surface area contributed by atoms with Gasteiger partial charge in [0.1, 0.15) is 23.9 Å². The summed E-state index contributed by atoms with van der Waals surface area (Å²) in [5.41, 5.74) is 1.79. The monoisotopic (exact) mass is 1060 g/mol. The molecule has 5 amide bonds. The van der Waals surface area contributed by atoms with E-state index in [0.29, 0.717) is 117 Å². The molecule has 0 aromatic heterocycles. The first kappa shape index (κ1) is 62.2. The molecule has 2 N–H and O–H groups in total. The molecule has 21 heteroatoms. The lowest BCUT2D eigenvalue weighted by Crippen LogP contribution is -2.37. The van der Waals surface area contributed by atoms with Crippen molar-refractivity contribution in [3.05, 3.63) is 53.1 Å². The summed E-state index contributed by atoms with van der Waals surface area (Å²) in [7, 11) is 1.62. The Bertz CT molecular complexity index is 2080. The minimum absolute atomic E-state index is 0.0368. The van der Waals surface area contributed by atoms with Crippen LogP contribution in [0.15, 0.2) is 36.4 Å². The predicted octanol–water partition coefficient (Wildman–Crippen LogP) is 6.17. The van der Waals surface area contributed by atoms with Crippen LogP contribution in [0.25, 0.3) is 0 Å². The minimum Gasteiger partial charge on any atom is -0.491 e. The Labute approximate surface area is 439 Å². The van der Waals surface area contributed by atoms with E-state index in [-0.39, 0.29) is 68.1 Å².